The number of cyclic esters (lactones) is 1. The van der Waals surface area contributed by atoms with E-state index < -0.39 is 12.1 Å². The van der Waals surface area contributed by atoms with Crippen LogP contribution in [0, 0.1) is 6.92 Å². The summed E-state index contributed by atoms with van der Waals surface area (Å²) in [5, 5.41) is 12.6. The van der Waals surface area contributed by atoms with Gasteiger partial charge in [0.1, 0.15) is 12.4 Å². The zero-order chi connectivity index (χ0) is 22.7. The summed E-state index contributed by atoms with van der Waals surface area (Å²) in [6.45, 7) is 4.11. The number of benzene rings is 1. The molecule has 0 saturated carbocycles. The van der Waals surface area contributed by atoms with Gasteiger partial charge in [-0.1, -0.05) is 30.3 Å². The van der Waals surface area contributed by atoms with E-state index in [9.17, 15) is 14.7 Å². The molecule has 1 saturated heterocycles. The molecule has 2 aromatic heterocycles. The second-order valence-corrected chi connectivity index (χ2v) is 7.79. The number of nitrogens with zero attached hydrogens (tertiary/aromatic N) is 3. The number of aromatic nitrogens is 2. The Kier molecular flexibility index (Phi) is 6.02. The molecule has 4 rings (SSSR count). The molecule has 0 bridgehead atoms. The van der Waals surface area contributed by atoms with Crippen molar-refractivity contribution in [1.82, 2.24) is 9.97 Å². The molecule has 3 heterocycles. The molecule has 8 nitrogen and oxygen atoms in total. The molecule has 0 aliphatic carbocycles. The van der Waals surface area contributed by atoms with Gasteiger partial charge in [0.15, 0.2) is 5.69 Å². The maximum atomic E-state index is 12.6. The lowest BCUT2D eigenvalue weighted by molar-refractivity contribution is 0.0691. The molecule has 1 amide bonds. The third kappa shape index (κ3) is 4.54. The van der Waals surface area contributed by atoms with Crippen molar-refractivity contribution < 1.29 is 19.4 Å². The van der Waals surface area contributed by atoms with Crippen LogP contribution in [0.3, 0.4) is 0 Å². The van der Waals surface area contributed by atoms with Crippen LogP contribution >= 0.6 is 0 Å². The van der Waals surface area contributed by atoms with Crippen LogP contribution in [0.4, 0.5) is 16.3 Å². The standard InChI is InChI=1S/C24H24N4O4/c1-15-11-20(16(2)26-19-9-6-10-25-22(19)23(29)30)27-21(12-15)28-18(14-32-24(28)31)13-17-7-4-3-5-8-17/h3-12,16,18,26H,13-14H2,1-2H3,(H,29,30)/t16?,18-/m0/s1. The minimum atomic E-state index is -1.11. The lowest BCUT2D eigenvalue weighted by Gasteiger charge is -2.23. The Labute approximate surface area is 185 Å². The molecule has 2 atom stereocenters. The van der Waals surface area contributed by atoms with E-state index in [1.54, 1.807) is 17.0 Å². The highest BCUT2D eigenvalue weighted by molar-refractivity contribution is 5.92. The molecule has 32 heavy (non-hydrogen) atoms. The zero-order valence-electron chi connectivity index (χ0n) is 17.9. The number of pyridine rings is 2. The number of carbonyl (C=O) groups is 2. The molecule has 0 spiro atoms. The van der Waals surface area contributed by atoms with Crippen molar-refractivity contribution in [3.8, 4) is 0 Å². The molecule has 0 radical (unpaired) electrons. The minimum absolute atomic E-state index is 0.0572. The number of carbonyl (C=O) groups excluding carboxylic acids is 1. The average Bonchev–Trinajstić information content (AvgIpc) is 3.14. The maximum absolute atomic E-state index is 12.6. The summed E-state index contributed by atoms with van der Waals surface area (Å²) in [4.78, 5) is 34.3. The van der Waals surface area contributed by atoms with E-state index in [4.69, 9.17) is 9.72 Å². The number of aryl methyl sites for hydroxylation is 1. The van der Waals surface area contributed by atoms with E-state index in [2.05, 4.69) is 10.3 Å². The lowest BCUT2D eigenvalue weighted by atomic mass is 10.1. The van der Waals surface area contributed by atoms with Crippen molar-refractivity contribution in [2.24, 2.45) is 0 Å². The third-order valence-electron chi connectivity index (χ3n) is 5.32. The SMILES string of the molecule is Cc1cc(C(C)Nc2cccnc2C(=O)O)nc(N2C(=O)OC[C@@H]2Cc2ccccc2)c1. The number of aromatic carboxylic acids is 1. The quantitative estimate of drug-likeness (QED) is 0.576. The summed E-state index contributed by atoms with van der Waals surface area (Å²) in [5.74, 6) is -0.594. The van der Waals surface area contributed by atoms with Gasteiger partial charge in [0.05, 0.1) is 23.5 Å². The first-order chi connectivity index (χ1) is 15.4. The normalized spacial score (nSPS) is 16.5. The molecule has 3 aromatic rings. The Balaban J connectivity index is 1.60. The first-order valence-corrected chi connectivity index (χ1v) is 10.4. The van der Waals surface area contributed by atoms with Crippen molar-refractivity contribution in [3.05, 3.63) is 83.3 Å². The molecular formula is C24H24N4O4. The first kappa shape index (κ1) is 21.3. The predicted octanol–water partition coefficient (Wildman–Crippen LogP) is 4.22. The molecule has 1 aromatic carbocycles. The van der Waals surface area contributed by atoms with Crippen molar-refractivity contribution in [1.29, 1.82) is 0 Å². The summed E-state index contributed by atoms with van der Waals surface area (Å²) in [6, 6.07) is 16.6. The van der Waals surface area contributed by atoms with E-state index >= 15 is 0 Å². The fraction of sp³-hybridized carbons (Fsp3) is 0.250. The second kappa shape index (κ2) is 9.05. The van der Waals surface area contributed by atoms with Gasteiger partial charge in [0.25, 0.3) is 0 Å². The fourth-order valence-corrected chi connectivity index (χ4v) is 3.80. The monoisotopic (exact) mass is 432 g/mol. The van der Waals surface area contributed by atoms with Crippen LogP contribution in [0.5, 0.6) is 0 Å². The topological polar surface area (TPSA) is 105 Å². The number of carboxylic acids is 1. The second-order valence-electron chi connectivity index (χ2n) is 7.79. The maximum Gasteiger partial charge on any atom is 0.415 e. The van der Waals surface area contributed by atoms with Gasteiger partial charge in [-0.25, -0.2) is 19.6 Å². The molecule has 164 valence electrons. The molecule has 1 aliphatic heterocycles. The van der Waals surface area contributed by atoms with Gasteiger partial charge < -0.3 is 15.2 Å². The van der Waals surface area contributed by atoms with Crippen LogP contribution in [0.15, 0.2) is 60.8 Å². The lowest BCUT2D eigenvalue weighted by Crippen LogP contribution is -2.36. The van der Waals surface area contributed by atoms with Gasteiger partial charge in [-0.2, -0.15) is 0 Å². The van der Waals surface area contributed by atoms with Crippen LogP contribution in [0.1, 0.15) is 40.3 Å². The molecule has 2 N–H and O–H groups in total. The average molecular weight is 432 g/mol. The van der Waals surface area contributed by atoms with Crippen LogP contribution in [0.25, 0.3) is 0 Å². The number of rotatable bonds is 7. The highest BCUT2D eigenvalue weighted by Gasteiger charge is 2.35. The summed E-state index contributed by atoms with van der Waals surface area (Å²) in [7, 11) is 0. The van der Waals surface area contributed by atoms with Gasteiger partial charge in [0, 0.05) is 6.20 Å². The van der Waals surface area contributed by atoms with Gasteiger partial charge in [-0.15, -0.1) is 0 Å². The van der Waals surface area contributed by atoms with Gasteiger partial charge in [0.2, 0.25) is 0 Å². The molecule has 1 fully saturated rings. The van der Waals surface area contributed by atoms with Crippen LogP contribution in [-0.2, 0) is 11.2 Å². The fourth-order valence-electron chi connectivity index (χ4n) is 3.80. The summed E-state index contributed by atoms with van der Waals surface area (Å²) >= 11 is 0. The predicted molar refractivity (Wildman–Crippen MR) is 120 cm³/mol. The number of hydrogen-bond donors (Lipinski definition) is 2. The van der Waals surface area contributed by atoms with Crippen LogP contribution < -0.4 is 10.2 Å². The van der Waals surface area contributed by atoms with Gasteiger partial charge in [-0.05, 0) is 55.7 Å². The first-order valence-electron chi connectivity index (χ1n) is 10.4. The Hall–Kier alpha value is -3.94. The van der Waals surface area contributed by atoms with Crippen LogP contribution in [0.2, 0.25) is 0 Å². The van der Waals surface area contributed by atoms with Crippen LogP contribution in [-0.4, -0.2) is 39.8 Å². The minimum Gasteiger partial charge on any atom is -0.476 e. The largest absolute Gasteiger partial charge is 0.476 e. The van der Waals surface area contributed by atoms with E-state index in [1.807, 2.05) is 56.3 Å². The van der Waals surface area contributed by atoms with Crippen molar-refractivity contribution in [2.45, 2.75) is 32.4 Å². The number of amides is 1. The Morgan fingerprint density at radius 1 is 1.25 bits per heavy atom. The summed E-state index contributed by atoms with van der Waals surface area (Å²) < 4.78 is 5.34. The molecule has 8 heteroatoms. The summed E-state index contributed by atoms with van der Waals surface area (Å²) in [6.07, 6.45) is 1.67. The Morgan fingerprint density at radius 2 is 2.03 bits per heavy atom. The third-order valence-corrected chi connectivity index (χ3v) is 5.32. The smallest absolute Gasteiger partial charge is 0.415 e. The number of carboxylic acid groups (broad SMARTS) is 1. The molecule has 1 aliphatic rings. The Morgan fingerprint density at radius 3 is 2.78 bits per heavy atom. The Bertz CT molecular complexity index is 1140. The van der Waals surface area contributed by atoms with E-state index in [1.165, 1.54) is 6.20 Å². The highest BCUT2D eigenvalue weighted by atomic mass is 16.6. The highest BCUT2D eigenvalue weighted by Crippen LogP contribution is 2.28. The number of hydrogen-bond acceptors (Lipinski definition) is 6. The van der Waals surface area contributed by atoms with Crippen molar-refractivity contribution >= 4 is 23.6 Å². The molecule has 1 unspecified atom stereocenters. The van der Waals surface area contributed by atoms with Gasteiger partial charge >= 0.3 is 12.1 Å². The van der Waals surface area contributed by atoms with Gasteiger partial charge in [-0.3, -0.25) is 4.90 Å². The summed E-state index contributed by atoms with van der Waals surface area (Å²) in [5.41, 5.74) is 3.07. The van der Waals surface area contributed by atoms with Crippen molar-refractivity contribution in [2.75, 3.05) is 16.8 Å². The number of nitrogens with one attached hydrogen (secondary N) is 1. The van der Waals surface area contributed by atoms with Crippen molar-refractivity contribution in [3.63, 3.8) is 0 Å². The number of anilines is 2. The van der Waals surface area contributed by atoms with E-state index in [0.29, 0.717) is 30.2 Å². The molecular weight excluding hydrogens is 408 g/mol. The van der Waals surface area contributed by atoms with E-state index in [-0.39, 0.29) is 17.8 Å². The number of ether oxygens (including phenoxy) is 1. The zero-order valence-corrected chi connectivity index (χ0v) is 17.9. The van der Waals surface area contributed by atoms with E-state index in [0.717, 1.165) is 11.1 Å².